The molecule has 5 heteroatoms. The maximum atomic E-state index is 13.6. The number of halogens is 3. The fourth-order valence-electron chi connectivity index (χ4n) is 1.93. The Kier molecular flexibility index (Phi) is 2.98. The van der Waals surface area contributed by atoms with Crippen LogP contribution in [0, 0.1) is 0 Å². The lowest BCUT2D eigenvalue weighted by atomic mass is 9.93. The van der Waals surface area contributed by atoms with E-state index in [-0.39, 0.29) is 11.2 Å². The first kappa shape index (κ1) is 10.2. The first-order chi connectivity index (χ1) is 6.70. The molecule has 0 unspecified atom stereocenters. The molecule has 14 heavy (non-hydrogen) atoms. The van der Waals surface area contributed by atoms with E-state index >= 15 is 0 Å². The van der Waals surface area contributed by atoms with E-state index in [4.69, 9.17) is 23.2 Å². The highest BCUT2D eigenvalue weighted by molar-refractivity contribution is 6.40. The van der Waals surface area contributed by atoms with Gasteiger partial charge in [-0.05, 0) is 12.8 Å². The van der Waals surface area contributed by atoms with Crippen molar-refractivity contribution in [2.24, 2.45) is 0 Å². The summed E-state index contributed by atoms with van der Waals surface area (Å²) >= 11 is 11.6. The molecule has 2 atom stereocenters. The van der Waals surface area contributed by atoms with E-state index in [9.17, 15) is 4.39 Å². The summed E-state index contributed by atoms with van der Waals surface area (Å²) < 4.78 is 15.2. The second-order valence-corrected chi connectivity index (χ2v) is 4.32. The van der Waals surface area contributed by atoms with E-state index in [1.54, 1.807) is 4.57 Å². The topological polar surface area (TPSA) is 17.8 Å². The predicted molar refractivity (Wildman–Crippen MR) is 54.6 cm³/mol. The van der Waals surface area contributed by atoms with Gasteiger partial charge in [0.25, 0.3) is 0 Å². The van der Waals surface area contributed by atoms with Crippen LogP contribution in [0.3, 0.4) is 0 Å². The molecule has 0 amide bonds. The van der Waals surface area contributed by atoms with Gasteiger partial charge in [0.1, 0.15) is 11.3 Å². The molecule has 0 radical (unpaired) electrons. The van der Waals surface area contributed by atoms with Gasteiger partial charge in [0.2, 0.25) is 0 Å². The van der Waals surface area contributed by atoms with E-state index in [0.717, 1.165) is 19.3 Å². The van der Waals surface area contributed by atoms with E-state index in [2.05, 4.69) is 4.98 Å². The molecule has 2 rings (SSSR count). The Morgan fingerprint density at radius 1 is 1.36 bits per heavy atom. The highest BCUT2D eigenvalue weighted by atomic mass is 35.5. The van der Waals surface area contributed by atoms with Crippen molar-refractivity contribution in [2.45, 2.75) is 37.9 Å². The predicted octanol–water partition coefficient (Wildman–Crippen LogP) is 3.64. The minimum absolute atomic E-state index is 0.184. The molecule has 0 saturated heterocycles. The van der Waals surface area contributed by atoms with Gasteiger partial charge in [-0.3, -0.25) is 0 Å². The molecule has 1 heterocycles. The van der Waals surface area contributed by atoms with Gasteiger partial charge in [0, 0.05) is 0 Å². The molecule has 1 aromatic heterocycles. The highest BCUT2D eigenvalue weighted by Crippen LogP contribution is 2.34. The van der Waals surface area contributed by atoms with Gasteiger partial charge in [0.15, 0.2) is 5.15 Å². The van der Waals surface area contributed by atoms with Crippen LogP contribution in [0.25, 0.3) is 0 Å². The summed E-state index contributed by atoms with van der Waals surface area (Å²) in [5.74, 6) is 0. The number of imidazole rings is 1. The number of rotatable bonds is 1. The summed E-state index contributed by atoms with van der Waals surface area (Å²) in [5, 5.41) is 0.602. The van der Waals surface area contributed by atoms with Gasteiger partial charge >= 0.3 is 0 Å². The minimum Gasteiger partial charge on any atom is -0.314 e. The van der Waals surface area contributed by atoms with E-state index in [1.807, 2.05) is 0 Å². The van der Waals surface area contributed by atoms with Crippen LogP contribution in [-0.2, 0) is 0 Å². The van der Waals surface area contributed by atoms with Gasteiger partial charge in [-0.15, -0.1) is 0 Å². The molecular formula is C9H11Cl2FN2. The van der Waals surface area contributed by atoms with Crippen LogP contribution in [-0.4, -0.2) is 15.7 Å². The fraction of sp³-hybridized carbons (Fsp3) is 0.667. The lowest BCUT2D eigenvalue weighted by Gasteiger charge is -2.27. The maximum Gasteiger partial charge on any atom is 0.166 e. The molecule has 0 aromatic carbocycles. The van der Waals surface area contributed by atoms with Crippen LogP contribution in [0.5, 0.6) is 0 Å². The average molecular weight is 237 g/mol. The van der Waals surface area contributed by atoms with Crippen LogP contribution >= 0.6 is 23.2 Å². The van der Waals surface area contributed by atoms with Crippen LogP contribution in [0.4, 0.5) is 4.39 Å². The standard InChI is InChI=1S/C9H11Cl2FN2/c10-8-9(11)14(5-13-8)7-4-2-1-3-6(7)12/h5-7H,1-4H2/t6-,7-/m1/s1. The van der Waals surface area contributed by atoms with E-state index < -0.39 is 6.17 Å². The molecule has 1 aliphatic carbocycles. The Hall–Kier alpha value is -0.280. The lowest BCUT2D eigenvalue weighted by Crippen LogP contribution is -2.23. The Balaban J connectivity index is 2.24. The first-order valence-electron chi connectivity index (χ1n) is 4.72. The summed E-state index contributed by atoms with van der Waals surface area (Å²) in [7, 11) is 0. The highest BCUT2D eigenvalue weighted by Gasteiger charge is 2.28. The van der Waals surface area contributed by atoms with Crippen molar-refractivity contribution in [2.75, 3.05) is 0 Å². The summed E-state index contributed by atoms with van der Waals surface area (Å²) in [6, 6.07) is -0.184. The zero-order valence-corrected chi connectivity index (χ0v) is 9.10. The zero-order valence-electron chi connectivity index (χ0n) is 7.59. The van der Waals surface area contributed by atoms with Gasteiger partial charge in [-0.1, -0.05) is 36.0 Å². The van der Waals surface area contributed by atoms with Gasteiger partial charge in [-0.25, -0.2) is 9.37 Å². The number of hydrogen-bond donors (Lipinski definition) is 0. The third-order valence-electron chi connectivity index (χ3n) is 2.70. The molecule has 78 valence electrons. The Morgan fingerprint density at radius 3 is 2.64 bits per heavy atom. The van der Waals surface area contributed by atoms with Crippen molar-refractivity contribution >= 4 is 23.2 Å². The van der Waals surface area contributed by atoms with Gasteiger partial charge in [-0.2, -0.15) is 0 Å². The fourth-order valence-corrected chi connectivity index (χ4v) is 2.29. The van der Waals surface area contributed by atoms with Gasteiger partial charge in [0.05, 0.1) is 12.4 Å². The molecule has 1 saturated carbocycles. The summed E-state index contributed by atoms with van der Waals surface area (Å²) in [4.78, 5) is 3.86. The van der Waals surface area contributed by atoms with Crippen LogP contribution in [0.1, 0.15) is 31.7 Å². The third kappa shape index (κ3) is 1.75. The van der Waals surface area contributed by atoms with Crippen molar-refractivity contribution in [3.8, 4) is 0 Å². The van der Waals surface area contributed by atoms with E-state index in [1.165, 1.54) is 6.33 Å². The van der Waals surface area contributed by atoms with Gasteiger partial charge < -0.3 is 4.57 Å². The monoisotopic (exact) mass is 236 g/mol. The molecule has 1 aromatic rings. The molecule has 0 N–H and O–H groups in total. The molecule has 0 bridgehead atoms. The minimum atomic E-state index is -0.827. The van der Waals surface area contributed by atoms with Crippen molar-refractivity contribution in [1.82, 2.24) is 9.55 Å². The molecule has 0 spiro atoms. The van der Waals surface area contributed by atoms with Crippen LogP contribution in [0.15, 0.2) is 6.33 Å². The first-order valence-corrected chi connectivity index (χ1v) is 5.47. The summed E-state index contributed by atoms with van der Waals surface area (Å²) in [6.45, 7) is 0. The van der Waals surface area contributed by atoms with Crippen molar-refractivity contribution in [3.63, 3.8) is 0 Å². The number of nitrogens with zero attached hydrogens (tertiary/aromatic N) is 2. The quantitative estimate of drug-likeness (QED) is 0.729. The summed E-state index contributed by atoms with van der Waals surface area (Å²) in [5.41, 5.74) is 0. The van der Waals surface area contributed by atoms with Crippen LogP contribution < -0.4 is 0 Å². The molecule has 2 nitrogen and oxygen atoms in total. The maximum absolute atomic E-state index is 13.6. The number of aromatic nitrogens is 2. The second kappa shape index (κ2) is 4.07. The normalized spacial score (nSPS) is 27.9. The second-order valence-electron chi connectivity index (χ2n) is 3.60. The Labute approximate surface area is 92.0 Å². The molecule has 1 fully saturated rings. The SMILES string of the molecule is F[C@@H]1CCCC[C@H]1n1cnc(Cl)c1Cl. The van der Waals surface area contributed by atoms with Crippen LogP contribution in [0.2, 0.25) is 10.3 Å². The Bertz CT molecular complexity index is 327. The van der Waals surface area contributed by atoms with E-state index in [0.29, 0.717) is 11.6 Å². The zero-order chi connectivity index (χ0) is 10.1. The van der Waals surface area contributed by atoms with Crippen molar-refractivity contribution in [3.05, 3.63) is 16.6 Å². The number of alkyl halides is 1. The van der Waals surface area contributed by atoms with Crippen molar-refractivity contribution in [1.29, 1.82) is 0 Å². The largest absolute Gasteiger partial charge is 0.314 e. The summed E-state index contributed by atoms with van der Waals surface area (Å²) in [6.07, 6.45) is 4.11. The number of hydrogen-bond acceptors (Lipinski definition) is 1. The van der Waals surface area contributed by atoms with Crippen molar-refractivity contribution < 1.29 is 4.39 Å². The molecule has 0 aliphatic heterocycles. The third-order valence-corrected chi connectivity index (χ3v) is 3.44. The average Bonchev–Trinajstić information content (AvgIpc) is 2.49. The molecular weight excluding hydrogens is 226 g/mol. The smallest absolute Gasteiger partial charge is 0.166 e. The Morgan fingerprint density at radius 2 is 2.07 bits per heavy atom. The molecule has 1 aliphatic rings. The lowest BCUT2D eigenvalue weighted by molar-refractivity contribution is 0.170.